The number of amides is 1. The molecule has 0 spiro atoms. The zero-order chi connectivity index (χ0) is 13.2. The number of para-hydroxylation sites is 1. The van der Waals surface area contributed by atoms with E-state index >= 15 is 0 Å². The van der Waals surface area contributed by atoms with E-state index in [0.717, 1.165) is 5.69 Å². The van der Waals surface area contributed by atoms with Crippen molar-refractivity contribution < 1.29 is 4.79 Å². The highest BCUT2D eigenvalue weighted by Gasteiger charge is 2.32. The molecular formula is C16H14ClNO. The second-order valence-electron chi connectivity index (χ2n) is 4.66. The number of carbonyl (C=O) groups is 1. The standard InChI is InChI=1S/C16H14ClNO/c17-10-16(19)18-11-14(12-6-2-1-3-7-12)13-8-4-5-9-15(13)18/h1-9,14H,10-11H2. The number of hydrogen-bond donors (Lipinski definition) is 0. The molecule has 0 aromatic heterocycles. The van der Waals surface area contributed by atoms with Crippen molar-refractivity contribution in [2.24, 2.45) is 0 Å². The number of nitrogens with zero attached hydrogens (tertiary/aromatic N) is 1. The lowest BCUT2D eigenvalue weighted by Crippen LogP contribution is -2.30. The Hall–Kier alpha value is -1.80. The lowest BCUT2D eigenvalue weighted by Gasteiger charge is -2.16. The summed E-state index contributed by atoms with van der Waals surface area (Å²) in [7, 11) is 0. The molecule has 0 bridgehead atoms. The van der Waals surface area contributed by atoms with Crippen LogP contribution in [0.3, 0.4) is 0 Å². The summed E-state index contributed by atoms with van der Waals surface area (Å²) in [5.41, 5.74) is 3.42. The molecule has 1 aliphatic rings. The van der Waals surface area contributed by atoms with Crippen LogP contribution in [0.5, 0.6) is 0 Å². The molecule has 0 saturated carbocycles. The van der Waals surface area contributed by atoms with Crippen molar-refractivity contribution in [3.63, 3.8) is 0 Å². The van der Waals surface area contributed by atoms with Gasteiger partial charge < -0.3 is 4.90 Å². The zero-order valence-corrected chi connectivity index (χ0v) is 11.2. The first-order chi connectivity index (χ1) is 9.31. The van der Waals surface area contributed by atoms with Gasteiger partial charge in [-0.1, -0.05) is 48.5 Å². The smallest absolute Gasteiger partial charge is 0.241 e. The molecule has 1 atom stereocenters. The summed E-state index contributed by atoms with van der Waals surface area (Å²) in [5.74, 6) is 0.229. The van der Waals surface area contributed by atoms with Gasteiger partial charge in [-0.15, -0.1) is 11.6 Å². The van der Waals surface area contributed by atoms with E-state index in [-0.39, 0.29) is 17.7 Å². The maximum Gasteiger partial charge on any atom is 0.241 e. The van der Waals surface area contributed by atoms with Crippen molar-refractivity contribution >= 4 is 23.2 Å². The van der Waals surface area contributed by atoms with Crippen LogP contribution >= 0.6 is 11.6 Å². The fourth-order valence-electron chi connectivity index (χ4n) is 2.69. The molecule has 0 radical (unpaired) electrons. The third-order valence-corrected chi connectivity index (χ3v) is 3.81. The summed E-state index contributed by atoms with van der Waals surface area (Å²) in [6.07, 6.45) is 0. The largest absolute Gasteiger partial charge is 0.310 e. The molecule has 1 amide bonds. The minimum absolute atomic E-state index is 0.0237. The van der Waals surface area contributed by atoms with Crippen LogP contribution in [0.4, 0.5) is 5.69 Å². The van der Waals surface area contributed by atoms with Gasteiger partial charge >= 0.3 is 0 Å². The van der Waals surface area contributed by atoms with E-state index in [1.807, 2.05) is 36.4 Å². The quantitative estimate of drug-likeness (QED) is 0.767. The molecule has 19 heavy (non-hydrogen) atoms. The Morgan fingerprint density at radius 1 is 1.11 bits per heavy atom. The summed E-state index contributed by atoms with van der Waals surface area (Å²) in [5, 5.41) is 0. The van der Waals surface area contributed by atoms with Crippen LogP contribution < -0.4 is 4.90 Å². The van der Waals surface area contributed by atoms with Crippen LogP contribution in [0.1, 0.15) is 17.0 Å². The van der Waals surface area contributed by atoms with E-state index in [9.17, 15) is 4.79 Å². The molecular weight excluding hydrogens is 258 g/mol. The number of benzene rings is 2. The van der Waals surface area contributed by atoms with Gasteiger partial charge in [0.2, 0.25) is 5.91 Å². The van der Waals surface area contributed by atoms with E-state index in [1.54, 1.807) is 4.90 Å². The summed E-state index contributed by atoms with van der Waals surface area (Å²) < 4.78 is 0. The Balaban J connectivity index is 2.04. The van der Waals surface area contributed by atoms with Crippen molar-refractivity contribution in [2.45, 2.75) is 5.92 Å². The van der Waals surface area contributed by atoms with Gasteiger partial charge in [-0.2, -0.15) is 0 Å². The molecule has 3 rings (SSSR count). The van der Waals surface area contributed by atoms with Gasteiger partial charge in [0, 0.05) is 18.2 Å². The first-order valence-corrected chi connectivity index (χ1v) is 6.85. The summed E-state index contributed by atoms with van der Waals surface area (Å²) in [6, 6.07) is 18.3. The third kappa shape index (κ3) is 2.13. The van der Waals surface area contributed by atoms with Crippen molar-refractivity contribution in [1.29, 1.82) is 0 Å². The molecule has 0 saturated heterocycles. The van der Waals surface area contributed by atoms with Crippen LogP contribution in [0.15, 0.2) is 54.6 Å². The van der Waals surface area contributed by atoms with Gasteiger partial charge in [0.25, 0.3) is 0 Å². The Kier molecular flexibility index (Phi) is 3.26. The van der Waals surface area contributed by atoms with E-state index in [2.05, 4.69) is 18.2 Å². The van der Waals surface area contributed by atoms with E-state index in [0.29, 0.717) is 6.54 Å². The van der Waals surface area contributed by atoms with Crippen LogP contribution in [0, 0.1) is 0 Å². The Morgan fingerprint density at radius 3 is 2.53 bits per heavy atom. The first-order valence-electron chi connectivity index (χ1n) is 6.31. The molecule has 3 heteroatoms. The Morgan fingerprint density at radius 2 is 1.79 bits per heavy atom. The van der Waals surface area contributed by atoms with Crippen LogP contribution in [-0.4, -0.2) is 18.3 Å². The molecule has 2 aromatic rings. The van der Waals surface area contributed by atoms with Gasteiger partial charge in [0.05, 0.1) is 0 Å². The highest BCUT2D eigenvalue weighted by Crippen LogP contribution is 2.39. The highest BCUT2D eigenvalue weighted by molar-refractivity contribution is 6.29. The number of carbonyl (C=O) groups excluding carboxylic acids is 1. The molecule has 1 heterocycles. The lowest BCUT2D eigenvalue weighted by molar-refractivity contribution is -0.116. The fourth-order valence-corrected chi connectivity index (χ4v) is 2.83. The molecule has 0 fully saturated rings. The van der Waals surface area contributed by atoms with Gasteiger partial charge in [0.15, 0.2) is 0 Å². The maximum atomic E-state index is 11.9. The second kappa shape index (κ2) is 5.06. The summed E-state index contributed by atoms with van der Waals surface area (Å²) in [4.78, 5) is 13.7. The minimum Gasteiger partial charge on any atom is -0.310 e. The molecule has 0 N–H and O–H groups in total. The van der Waals surface area contributed by atoms with Crippen LogP contribution in [0.2, 0.25) is 0 Å². The number of hydrogen-bond acceptors (Lipinski definition) is 1. The average molecular weight is 272 g/mol. The van der Waals surface area contributed by atoms with E-state index in [4.69, 9.17) is 11.6 Å². The number of anilines is 1. The van der Waals surface area contributed by atoms with Crippen molar-refractivity contribution in [3.05, 3.63) is 65.7 Å². The average Bonchev–Trinajstić information content (AvgIpc) is 2.87. The third-order valence-electron chi connectivity index (χ3n) is 3.59. The van der Waals surface area contributed by atoms with Gasteiger partial charge in [0.1, 0.15) is 5.88 Å². The Labute approximate surface area is 117 Å². The predicted octanol–water partition coefficient (Wildman–Crippen LogP) is 3.40. The Bertz CT molecular complexity index is 597. The number of rotatable bonds is 2. The van der Waals surface area contributed by atoms with E-state index < -0.39 is 0 Å². The topological polar surface area (TPSA) is 20.3 Å². The number of alkyl halides is 1. The van der Waals surface area contributed by atoms with Crippen molar-refractivity contribution in [3.8, 4) is 0 Å². The summed E-state index contributed by atoms with van der Waals surface area (Å²) >= 11 is 5.70. The van der Waals surface area contributed by atoms with Crippen molar-refractivity contribution in [1.82, 2.24) is 0 Å². The molecule has 1 unspecified atom stereocenters. The van der Waals surface area contributed by atoms with Gasteiger partial charge in [-0.05, 0) is 17.2 Å². The highest BCUT2D eigenvalue weighted by atomic mass is 35.5. The molecule has 2 aromatic carbocycles. The van der Waals surface area contributed by atoms with Crippen LogP contribution in [0.25, 0.3) is 0 Å². The second-order valence-corrected chi connectivity index (χ2v) is 4.93. The number of halogens is 1. The maximum absolute atomic E-state index is 11.9. The molecule has 0 aliphatic carbocycles. The SMILES string of the molecule is O=C(CCl)N1CC(c2ccccc2)c2ccccc21. The predicted molar refractivity (Wildman–Crippen MR) is 77.8 cm³/mol. The monoisotopic (exact) mass is 271 g/mol. The first kappa shape index (κ1) is 12.2. The molecule has 2 nitrogen and oxygen atoms in total. The lowest BCUT2D eigenvalue weighted by atomic mass is 9.93. The minimum atomic E-state index is -0.0347. The fraction of sp³-hybridized carbons (Fsp3) is 0.188. The molecule has 96 valence electrons. The zero-order valence-electron chi connectivity index (χ0n) is 10.4. The molecule has 1 aliphatic heterocycles. The van der Waals surface area contributed by atoms with Crippen LogP contribution in [-0.2, 0) is 4.79 Å². The number of fused-ring (bicyclic) bond motifs is 1. The van der Waals surface area contributed by atoms with E-state index in [1.165, 1.54) is 11.1 Å². The van der Waals surface area contributed by atoms with Crippen molar-refractivity contribution in [2.75, 3.05) is 17.3 Å². The summed E-state index contributed by atoms with van der Waals surface area (Å²) in [6.45, 7) is 0.676. The normalized spacial score (nSPS) is 17.3. The van der Waals surface area contributed by atoms with Gasteiger partial charge in [-0.25, -0.2) is 0 Å². The van der Waals surface area contributed by atoms with Gasteiger partial charge in [-0.3, -0.25) is 4.79 Å².